The van der Waals surface area contributed by atoms with Crippen molar-refractivity contribution < 1.29 is 9.15 Å². The second-order valence-electron chi connectivity index (χ2n) is 6.58. The highest BCUT2D eigenvalue weighted by atomic mass is 16.5. The molecule has 0 spiro atoms. The molecule has 25 heavy (non-hydrogen) atoms. The molecular weight excluding hydrogens is 316 g/mol. The first-order chi connectivity index (χ1) is 12.3. The molecule has 1 saturated heterocycles. The van der Waals surface area contributed by atoms with E-state index in [0.29, 0.717) is 23.4 Å². The minimum atomic E-state index is 0.282. The second-order valence-corrected chi connectivity index (χ2v) is 6.58. The average molecular weight is 338 g/mol. The third-order valence-electron chi connectivity index (χ3n) is 4.90. The summed E-state index contributed by atoms with van der Waals surface area (Å²) in [6, 6.07) is 12.6. The zero-order chi connectivity index (χ0) is 17.1. The number of morpholine rings is 1. The van der Waals surface area contributed by atoms with E-state index >= 15 is 0 Å². The van der Waals surface area contributed by atoms with Crippen molar-refractivity contribution in [1.82, 2.24) is 9.88 Å². The Kier molecular flexibility index (Phi) is 4.68. The number of nitrogens with one attached hydrogen (secondary N) is 1. The summed E-state index contributed by atoms with van der Waals surface area (Å²) in [6.45, 7) is 5.12. The van der Waals surface area contributed by atoms with Gasteiger partial charge in [0.05, 0.1) is 13.2 Å². The topological polar surface area (TPSA) is 74.3 Å². The molecule has 0 unspecified atom stereocenters. The van der Waals surface area contributed by atoms with Crippen LogP contribution in [0.3, 0.4) is 0 Å². The first-order valence-corrected chi connectivity index (χ1v) is 8.85. The maximum Gasteiger partial charge on any atom is 0.232 e. The highest BCUT2D eigenvalue weighted by molar-refractivity contribution is 5.46. The lowest BCUT2D eigenvalue weighted by Gasteiger charge is -2.26. The van der Waals surface area contributed by atoms with Crippen molar-refractivity contribution >= 4 is 5.88 Å². The molecule has 1 aromatic heterocycles. The van der Waals surface area contributed by atoms with E-state index in [2.05, 4.69) is 45.5 Å². The molecule has 1 N–H and O–H groups in total. The highest BCUT2D eigenvalue weighted by Gasteiger charge is 2.43. The fourth-order valence-corrected chi connectivity index (χ4v) is 3.38. The Hall–Kier alpha value is -2.36. The lowest BCUT2D eigenvalue weighted by Crippen LogP contribution is -2.39. The zero-order valence-electron chi connectivity index (χ0n) is 14.1. The third-order valence-corrected chi connectivity index (χ3v) is 4.90. The lowest BCUT2D eigenvalue weighted by molar-refractivity contribution is 0.0398. The predicted octanol–water partition coefficient (Wildman–Crippen LogP) is 2.56. The van der Waals surface area contributed by atoms with Gasteiger partial charge in [0.2, 0.25) is 17.5 Å². The van der Waals surface area contributed by atoms with Crippen LogP contribution < -0.4 is 5.32 Å². The van der Waals surface area contributed by atoms with E-state index < -0.39 is 0 Å². The second kappa shape index (κ2) is 7.26. The van der Waals surface area contributed by atoms with Crippen LogP contribution in [0.15, 0.2) is 34.7 Å². The molecule has 2 aromatic rings. The van der Waals surface area contributed by atoms with E-state index in [4.69, 9.17) is 9.15 Å². The van der Waals surface area contributed by atoms with Gasteiger partial charge in [0.1, 0.15) is 6.07 Å². The Morgan fingerprint density at radius 2 is 2.00 bits per heavy atom. The van der Waals surface area contributed by atoms with Crippen LogP contribution in [0.1, 0.15) is 35.4 Å². The van der Waals surface area contributed by atoms with Crippen molar-refractivity contribution in [2.45, 2.75) is 18.3 Å². The first-order valence-electron chi connectivity index (χ1n) is 8.85. The summed E-state index contributed by atoms with van der Waals surface area (Å²) >= 11 is 0. The maximum absolute atomic E-state index is 9.33. The molecule has 6 nitrogen and oxygen atoms in total. The normalized spacial score (nSPS) is 23.2. The van der Waals surface area contributed by atoms with Crippen LogP contribution in [0.25, 0.3) is 0 Å². The molecule has 1 aliphatic heterocycles. The van der Waals surface area contributed by atoms with Crippen molar-refractivity contribution in [3.05, 3.63) is 47.5 Å². The van der Waals surface area contributed by atoms with Crippen LogP contribution >= 0.6 is 0 Å². The van der Waals surface area contributed by atoms with Crippen LogP contribution in [-0.2, 0) is 4.74 Å². The molecule has 0 bridgehead atoms. The van der Waals surface area contributed by atoms with Crippen LogP contribution in [-0.4, -0.2) is 49.3 Å². The van der Waals surface area contributed by atoms with Gasteiger partial charge in [0, 0.05) is 32.1 Å². The summed E-state index contributed by atoms with van der Waals surface area (Å²) in [6.07, 6.45) is 1.03. The van der Waals surface area contributed by atoms with E-state index in [9.17, 15) is 5.26 Å². The number of rotatable bonds is 6. The average Bonchev–Trinajstić information content (AvgIpc) is 3.37. The Labute approximate surface area is 147 Å². The number of hydrogen-bond donors (Lipinski definition) is 1. The monoisotopic (exact) mass is 338 g/mol. The van der Waals surface area contributed by atoms with E-state index in [-0.39, 0.29) is 5.92 Å². The predicted molar refractivity (Wildman–Crippen MR) is 93.5 cm³/mol. The molecule has 6 heteroatoms. The molecule has 0 radical (unpaired) electrons. The minimum absolute atomic E-state index is 0.282. The van der Waals surface area contributed by atoms with E-state index in [1.165, 1.54) is 5.56 Å². The van der Waals surface area contributed by atoms with Gasteiger partial charge in [0.15, 0.2) is 0 Å². The summed E-state index contributed by atoms with van der Waals surface area (Å²) in [5.74, 6) is 1.92. The first kappa shape index (κ1) is 16.1. The Morgan fingerprint density at radius 3 is 2.76 bits per heavy atom. The summed E-state index contributed by atoms with van der Waals surface area (Å²) in [7, 11) is 0. The van der Waals surface area contributed by atoms with Gasteiger partial charge in [0.25, 0.3) is 0 Å². The fourth-order valence-electron chi connectivity index (χ4n) is 3.38. The largest absolute Gasteiger partial charge is 0.424 e. The number of aromatic nitrogens is 1. The van der Waals surface area contributed by atoms with Crippen LogP contribution in [0.4, 0.5) is 5.88 Å². The molecule has 4 rings (SSSR count). The third kappa shape index (κ3) is 3.68. The quantitative estimate of drug-likeness (QED) is 0.872. The molecular formula is C19H22N4O2. The molecule has 2 heterocycles. The summed E-state index contributed by atoms with van der Waals surface area (Å²) < 4.78 is 11.2. The highest BCUT2D eigenvalue weighted by Crippen LogP contribution is 2.54. The summed E-state index contributed by atoms with van der Waals surface area (Å²) in [5.41, 5.74) is 1.67. The molecule has 1 aliphatic carbocycles. The number of ether oxygens (including phenoxy) is 1. The zero-order valence-corrected chi connectivity index (χ0v) is 14.1. The van der Waals surface area contributed by atoms with Gasteiger partial charge in [-0.1, -0.05) is 30.3 Å². The summed E-state index contributed by atoms with van der Waals surface area (Å²) in [4.78, 5) is 6.75. The number of oxazole rings is 1. The molecule has 130 valence electrons. The molecule has 1 saturated carbocycles. The van der Waals surface area contributed by atoms with E-state index in [1.54, 1.807) is 0 Å². The van der Waals surface area contributed by atoms with Gasteiger partial charge in [-0.2, -0.15) is 5.26 Å². The number of nitriles is 1. The number of benzene rings is 1. The Balaban J connectivity index is 1.36. The number of nitrogens with zero attached hydrogens (tertiary/aromatic N) is 3. The Morgan fingerprint density at radius 1 is 1.20 bits per heavy atom. The van der Waals surface area contributed by atoms with Gasteiger partial charge in [-0.25, -0.2) is 4.98 Å². The van der Waals surface area contributed by atoms with Crippen molar-refractivity contribution in [3.63, 3.8) is 0 Å². The maximum atomic E-state index is 9.33. The molecule has 1 aromatic carbocycles. The number of anilines is 1. The van der Waals surface area contributed by atoms with Gasteiger partial charge in [-0.15, -0.1) is 0 Å². The molecule has 2 atom stereocenters. The van der Waals surface area contributed by atoms with Gasteiger partial charge >= 0.3 is 0 Å². The van der Waals surface area contributed by atoms with Crippen molar-refractivity contribution in [2.75, 3.05) is 44.7 Å². The van der Waals surface area contributed by atoms with Gasteiger partial charge < -0.3 is 14.5 Å². The van der Waals surface area contributed by atoms with Crippen LogP contribution in [0, 0.1) is 11.3 Å². The standard InChI is InChI=1S/C19H22N4O2/c20-13-17-19(21-6-7-23-8-10-24-11-9-23)25-18(22-17)16-12-15(16)14-4-2-1-3-5-14/h1-5,15-16,21H,6-12H2/t15-,16+/m1/s1. The molecule has 0 amide bonds. The summed E-state index contributed by atoms with van der Waals surface area (Å²) in [5, 5.41) is 12.6. The van der Waals surface area contributed by atoms with Crippen molar-refractivity contribution in [2.24, 2.45) is 0 Å². The number of hydrogen-bond acceptors (Lipinski definition) is 6. The van der Waals surface area contributed by atoms with E-state index in [1.807, 2.05) is 6.07 Å². The van der Waals surface area contributed by atoms with Crippen molar-refractivity contribution in [1.29, 1.82) is 5.26 Å². The lowest BCUT2D eigenvalue weighted by atomic mass is 10.1. The minimum Gasteiger partial charge on any atom is -0.424 e. The van der Waals surface area contributed by atoms with Gasteiger partial charge in [-0.05, 0) is 17.9 Å². The van der Waals surface area contributed by atoms with Gasteiger partial charge in [-0.3, -0.25) is 4.90 Å². The smallest absolute Gasteiger partial charge is 0.232 e. The SMILES string of the molecule is N#Cc1nc([C@H]2C[C@@H]2c2ccccc2)oc1NCCN1CCOCC1. The van der Waals surface area contributed by atoms with Crippen LogP contribution in [0.2, 0.25) is 0 Å². The molecule has 2 aliphatic rings. The Bertz CT molecular complexity index is 747. The van der Waals surface area contributed by atoms with E-state index in [0.717, 1.165) is 45.8 Å². The van der Waals surface area contributed by atoms with Crippen LogP contribution in [0.5, 0.6) is 0 Å². The fraction of sp³-hybridized carbons (Fsp3) is 0.474. The van der Waals surface area contributed by atoms with Crippen molar-refractivity contribution in [3.8, 4) is 6.07 Å². The molecule has 2 fully saturated rings.